The van der Waals surface area contributed by atoms with Gasteiger partial charge in [-0.25, -0.2) is 14.0 Å². The number of carbonyl (C=O) groups is 1. The van der Waals surface area contributed by atoms with Crippen LogP contribution in [0.15, 0.2) is 24.4 Å². The molecule has 11 nitrogen and oxygen atoms in total. The topological polar surface area (TPSA) is 124 Å². The van der Waals surface area contributed by atoms with Crippen LogP contribution < -0.4 is 15.2 Å². The average Bonchev–Trinajstić information content (AvgIpc) is 3.56. The lowest BCUT2D eigenvalue weighted by Gasteiger charge is -2.23. The van der Waals surface area contributed by atoms with Crippen molar-refractivity contribution < 1.29 is 19.0 Å². The Balaban J connectivity index is 1.56. The first-order valence-corrected chi connectivity index (χ1v) is 12.9. The van der Waals surface area contributed by atoms with E-state index in [-0.39, 0.29) is 18.0 Å². The molecule has 1 unspecified atom stereocenters. The summed E-state index contributed by atoms with van der Waals surface area (Å²) in [7, 11) is 3.60. The number of aromatic nitrogens is 6. The van der Waals surface area contributed by atoms with Gasteiger partial charge < -0.3 is 19.9 Å². The number of ether oxygens (including phenoxy) is 3. The van der Waals surface area contributed by atoms with Crippen molar-refractivity contribution in [2.45, 2.75) is 44.9 Å². The highest BCUT2D eigenvalue weighted by Gasteiger charge is 2.24. The highest BCUT2D eigenvalue weighted by molar-refractivity contribution is 5.98. The summed E-state index contributed by atoms with van der Waals surface area (Å²) >= 11 is 0. The van der Waals surface area contributed by atoms with Crippen LogP contribution in [0, 0.1) is 0 Å². The summed E-state index contributed by atoms with van der Waals surface area (Å²) in [6.45, 7) is 3.06. The highest BCUT2D eigenvalue weighted by atomic mass is 16.5. The van der Waals surface area contributed by atoms with Crippen LogP contribution in [0.5, 0.6) is 11.8 Å². The van der Waals surface area contributed by atoms with Gasteiger partial charge in [0.15, 0.2) is 11.9 Å². The van der Waals surface area contributed by atoms with Crippen LogP contribution in [0.1, 0.15) is 60.6 Å². The van der Waals surface area contributed by atoms with Crippen molar-refractivity contribution in [1.82, 2.24) is 29.3 Å². The summed E-state index contributed by atoms with van der Waals surface area (Å²) in [6.07, 6.45) is 8.86. The molecule has 4 aromatic rings. The van der Waals surface area contributed by atoms with E-state index >= 15 is 0 Å². The number of benzene rings is 1. The number of fused-ring (bicyclic) bond motifs is 4. The summed E-state index contributed by atoms with van der Waals surface area (Å²) in [6, 6.07) is 6.24. The Morgan fingerprint density at radius 1 is 1.05 bits per heavy atom. The van der Waals surface area contributed by atoms with Crippen LogP contribution in [0.3, 0.4) is 0 Å². The molecule has 2 bridgehead atoms. The highest BCUT2D eigenvalue weighted by Crippen LogP contribution is 2.36. The van der Waals surface area contributed by atoms with Gasteiger partial charge in [-0.3, -0.25) is 4.79 Å². The standard InChI is InChI=1S/C27H31N7O4/c1-16-11-13-37-26-18(24(25(28)35)31-33(26)3)8-9-21-19-14-17(20-15-29-32(2)27(20)38-16)7-10-22(19)34(30-21)23-6-4-5-12-36-23/h7-10,14-16,23H,4-6,11-13H2,1-3H3,(H2,28,35)/b9-8+/t16-,23?/m0/s1. The van der Waals surface area contributed by atoms with Gasteiger partial charge in [0.05, 0.1) is 35.1 Å². The third-order valence-electron chi connectivity index (χ3n) is 7.11. The van der Waals surface area contributed by atoms with Crippen LogP contribution in [-0.2, 0) is 18.8 Å². The van der Waals surface area contributed by atoms with Gasteiger partial charge in [0, 0.05) is 32.5 Å². The Bertz CT molecular complexity index is 1540. The van der Waals surface area contributed by atoms with E-state index in [2.05, 4.69) is 28.4 Å². The van der Waals surface area contributed by atoms with Crippen molar-refractivity contribution in [3.05, 3.63) is 41.3 Å². The Hall–Kier alpha value is -4.12. The first-order chi connectivity index (χ1) is 18.4. The van der Waals surface area contributed by atoms with Crippen LogP contribution in [0.2, 0.25) is 0 Å². The second-order valence-electron chi connectivity index (χ2n) is 9.82. The van der Waals surface area contributed by atoms with E-state index < -0.39 is 5.91 Å². The van der Waals surface area contributed by atoms with E-state index in [1.807, 2.05) is 30.9 Å². The summed E-state index contributed by atoms with van der Waals surface area (Å²) < 4.78 is 23.8. The number of aryl methyl sites for hydroxylation is 2. The molecule has 2 aliphatic heterocycles. The summed E-state index contributed by atoms with van der Waals surface area (Å²) in [5.74, 6) is 0.517. The van der Waals surface area contributed by atoms with E-state index in [1.165, 1.54) is 4.68 Å². The van der Waals surface area contributed by atoms with Crippen molar-refractivity contribution in [2.24, 2.45) is 19.8 Å². The Labute approximate surface area is 219 Å². The zero-order chi connectivity index (χ0) is 26.4. The normalized spacial score (nSPS) is 20.6. The number of rotatable bonds is 2. The largest absolute Gasteiger partial charge is 0.477 e. The van der Waals surface area contributed by atoms with Crippen LogP contribution in [0.4, 0.5) is 0 Å². The van der Waals surface area contributed by atoms with Gasteiger partial charge in [-0.1, -0.05) is 6.07 Å². The quantitative estimate of drug-likeness (QED) is 0.430. The number of amides is 1. The molecule has 0 saturated carbocycles. The van der Waals surface area contributed by atoms with Crippen molar-refractivity contribution in [1.29, 1.82) is 0 Å². The third kappa shape index (κ3) is 4.22. The Morgan fingerprint density at radius 3 is 2.71 bits per heavy atom. The fourth-order valence-electron chi connectivity index (χ4n) is 5.12. The molecule has 2 atom stereocenters. The minimum atomic E-state index is -0.624. The Kier molecular flexibility index (Phi) is 6.15. The second-order valence-corrected chi connectivity index (χ2v) is 9.82. The number of hydrogen-bond donors (Lipinski definition) is 1. The maximum absolute atomic E-state index is 12.2. The zero-order valence-corrected chi connectivity index (χ0v) is 21.8. The smallest absolute Gasteiger partial charge is 0.269 e. The summed E-state index contributed by atoms with van der Waals surface area (Å²) in [5, 5.41) is 14.7. The predicted octanol–water partition coefficient (Wildman–Crippen LogP) is 3.69. The summed E-state index contributed by atoms with van der Waals surface area (Å²) in [5.41, 5.74) is 9.89. The molecule has 5 heterocycles. The molecule has 6 rings (SSSR count). The van der Waals surface area contributed by atoms with Gasteiger partial charge in [-0.15, -0.1) is 0 Å². The molecule has 1 amide bonds. The van der Waals surface area contributed by atoms with Crippen molar-refractivity contribution in [2.75, 3.05) is 13.2 Å². The molecule has 2 aliphatic rings. The average molecular weight is 518 g/mol. The van der Waals surface area contributed by atoms with Crippen LogP contribution in [0.25, 0.3) is 34.2 Å². The van der Waals surface area contributed by atoms with Crippen molar-refractivity contribution in [3.8, 4) is 22.9 Å². The monoisotopic (exact) mass is 517 g/mol. The van der Waals surface area contributed by atoms with Crippen molar-refractivity contribution in [3.63, 3.8) is 0 Å². The fourth-order valence-corrected chi connectivity index (χ4v) is 5.12. The summed E-state index contributed by atoms with van der Waals surface area (Å²) in [4.78, 5) is 12.2. The van der Waals surface area contributed by atoms with Gasteiger partial charge in [0.25, 0.3) is 5.91 Å². The first kappa shape index (κ1) is 24.2. The molecule has 0 aliphatic carbocycles. The van der Waals surface area contributed by atoms with Gasteiger partial charge in [-0.05, 0) is 56.0 Å². The molecule has 3 aromatic heterocycles. The molecule has 2 N–H and O–H groups in total. The zero-order valence-electron chi connectivity index (χ0n) is 21.8. The van der Waals surface area contributed by atoms with Gasteiger partial charge in [0.1, 0.15) is 6.10 Å². The molecular weight excluding hydrogens is 486 g/mol. The van der Waals surface area contributed by atoms with E-state index in [0.717, 1.165) is 47.0 Å². The molecule has 198 valence electrons. The molecule has 0 spiro atoms. The number of nitrogens with zero attached hydrogens (tertiary/aromatic N) is 6. The second kappa shape index (κ2) is 9.64. The SMILES string of the molecule is C[C@H]1CCOc2c(c(C(N)=O)nn2C)/C=C/c2nn(C3CCCCO3)c3ccc(cc23)-c2cnn(C)c2O1. The lowest BCUT2D eigenvalue weighted by atomic mass is 10.0. The fraction of sp³-hybridized carbons (Fsp3) is 0.407. The molecule has 38 heavy (non-hydrogen) atoms. The molecule has 11 heteroatoms. The molecule has 1 aromatic carbocycles. The number of hydrogen-bond acceptors (Lipinski definition) is 7. The Morgan fingerprint density at radius 2 is 1.92 bits per heavy atom. The maximum Gasteiger partial charge on any atom is 0.269 e. The maximum atomic E-state index is 12.2. The molecule has 0 radical (unpaired) electrons. The van der Waals surface area contributed by atoms with E-state index in [1.54, 1.807) is 17.8 Å². The lowest BCUT2D eigenvalue weighted by molar-refractivity contribution is -0.0367. The molecule has 1 saturated heterocycles. The van der Waals surface area contributed by atoms with Gasteiger partial charge >= 0.3 is 0 Å². The minimum Gasteiger partial charge on any atom is -0.477 e. The van der Waals surface area contributed by atoms with Crippen LogP contribution >= 0.6 is 0 Å². The number of carbonyl (C=O) groups excluding carboxylic acids is 1. The van der Waals surface area contributed by atoms with E-state index in [9.17, 15) is 4.79 Å². The minimum absolute atomic E-state index is 0.138. The van der Waals surface area contributed by atoms with Crippen LogP contribution in [-0.4, -0.2) is 54.6 Å². The predicted molar refractivity (Wildman–Crippen MR) is 142 cm³/mol. The van der Waals surface area contributed by atoms with Gasteiger partial charge in [0.2, 0.25) is 11.8 Å². The molecular formula is C27H31N7O4. The van der Waals surface area contributed by atoms with E-state index in [0.29, 0.717) is 37.0 Å². The first-order valence-electron chi connectivity index (χ1n) is 12.9. The van der Waals surface area contributed by atoms with E-state index in [4.69, 9.17) is 25.0 Å². The van der Waals surface area contributed by atoms with Crippen molar-refractivity contribution >= 4 is 29.0 Å². The number of nitrogens with two attached hydrogens (primary N) is 1. The lowest BCUT2D eigenvalue weighted by Crippen LogP contribution is -2.19. The third-order valence-corrected chi connectivity index (χ3v) is 7.11. The van der Waals surface area contributed by atoms with Gasteiger partial charge in [-0.2, -0.15) is 15.3 Å². The molecule has 1 fully saturated rings. The number of primary amides is 1.